The first-order chi connectivity index (χ1) is 15.2. The SMILES string of the molecule is CCn1c(=O)n(CCC(=O)N(C)CCCOc2cccc(S(C)(=O)=O)c2)c2ccccc21. The third-order valence-electron chi connectivity index (χ3n) is 5.36. The van der Waals surface area contributed by atoms with Gasteiger partial charge in [0, 0.05) is 39.4 Å². The number of sulfone groups is 1. The highest BCUT2D eigenvalue weighted by molar-refractivity contribution is 7.90. The molecule has 0 aliphatic rings. The smallest absolute Gasteiger partial charge is 0.329 e. The van der Waals surface area contributed by atoms with Crippen molar-refractivity contribution in [1.82, 2.24) is 14.0 Å². The zero-order chi connectivity index (χ0) is 23.3. The summed E-state index contributed by atoms with van der Waals surface area (Å²) in [5, 5.41) is 0. The van der Waals surface area contributed by atoms with Crippen LogP contribution in [0.15, 0.2) is 58.2 Å². The maximum Gasteiger partial charge on any atom is 0.329 e. The average Bonchev–Trinajstić information content (AvgIpc) is 3.04. The number of carbonyl (C=O) groups is 1. The summed E-state index contributed by atoms with van der Waals surface area (Å²) in [6.45, 7) is 3.68. The van der Waals surface area contributed by atoms with E-state index in [0.29, 0.717) is 38.4 Å². The molecule has 1 aromatic heterocycles. The minimum Gasteiger partial charge on any atom is -0.493 e. The van der Waals surface area contributed by atoms with Crippen molar-refractivity contribution in [3.05, 3.63) is 59.0 Å². The van der Waals surface area contributed by atoms with Gasteiger partial charge in [0.05, 0.1) is 22.5 Å². The summed E-state index contributed by atoms with van der Waals surface area (Å²) in [5.41, 5.74) is 1.60. The zero-order valence-corrected chi connectivity index (χ0v) is 19.5. The van der Waals surface area contributed by atoms with Crippen LogP contribution in [0.2, 0.25) is 0 Å². The Morgan fingerprint density at radius 2 is 1.75 bits per heavy atom. The summed E-state index contributed by atoms with van der Waals surface area (Å²) in [4.78, 5) is 27.1. The van der Waals surface area contributed by atoms with Crippen LogP contribution in [0.25, 0.3) is 11.0 Å². The van der Waals surface area contributed by atoms with Gasteiger partial charge in [-0.1, -0.05) is 18.2 Å². The predicted octanol–water partition coefficient (Wildman–Crippen LogP) is 2.54. The number of para-hydroxylation sites is 2. The molecule has 1 amide bonds. The first-order valence-corrected chi connectivity index (χ1v) is 12.5. The molecule has 0 atom stereocenters. The lowest BCUT2D eigenvalue weighted by atomic mass is 10.3. The number of ether oxygens (including phenoxy) is 1. The molecule has 0 fully saturated rings. The van der Waals surface area contributed by atoms with Gasteiger partial charge in [-0.05, 0) is 43.7 Å². The van der Waals surface area contributed by atoms with E-state index in [4.69, 9.17) is 4.74 Å². The maximum absolute atomic E-state index is 12.7. The number of hydrogen-bond donors (Lipinski definition) is 0. The van der Waals surface area contributed by atoms with E-state index < -0.39 is 9.84 Å². The van der Waals surface area contributed by atoms with Crippen molar-refractivity contribution in [3.63, 3.8) is 0 Å². The number of imidazole rings is 1. The monoisotopic (exact) mass is 459 g/mol. The molecule has 0 aliphatic carbocycles. The number of fused-ring (bicyclic) bond motifs is 1. The van der Waals surface area contributed by atoms with Crippen LogP contribution in [0, 0.1) is 0 Å². The summed E-state index contributed by atoms with van der Waals surface area (Å²) >= 11 is 0. The number of rotatable bonds is 10. The van der Waals surface area contributed by atoms with Gasteiger partial charge in [0.15, 0.2) is 9.84 Å². The molecule has 9 heteroatoms. The topological polar surface area (TPSA) is 90.6 Å². The molecule has 3 rings (SSSR count). The van der Waals surface area contributed by atoms with Crippen LogP contribution in [0.4, 0.5) is 0 Å². The van der Waals surface area contributed by atoms with E-state index in [1.165, 1.54) is 12.1 Å². The third-order valence-corrected chi connectivity index (χ3v) is 6.47. The van der Waals surface area contributed by atoms with Gasteiger partial charge >= 0.3 is 5.69 Å². The van der Waals surface area contributed by atoms with Crippen molar-refractivity contribution < 1.29 is 17.9 Å². The summed E-state index contributed by atoms with van der Waals surface area (Å²) in [6.07, 6.45) is 1.98. The number of amides is 1. The number of hydrogen-bond acceptors (Lipinski definition) is 5. The Labute approximate surface area is 187 Å². The van der Waals surface area contributed by atoms with Gasteiger partial charge in [0.1, 0.15) is 5.75 Å². The Hall–Kier alpha value is -3.07. The third kappa shape index (κ3) is 5.40. The van der Waals surface area contributed by atoms with Gasteiger partial charge in [-0.25, -0.2) is 13.2 Å². The molecule has 2 aromatic carbocycles. The second kappa shape index (κ2) is 10.0. The Morgan fingerprint density at radius 3 is 2.41 bits per heavy atom. The minimum atomic E-state index is -3.29. The quantitative estimate of drug-likeness (QED) is 0.435. The molecule has 1 heterocycles. The van der Waals surface area contributed by atoms with Crippen molar-refractivity contribution in [3.8, 4) is 5.75 Å². The van der Waals surface area contributed by atoms with Gasteiger partial charge in [-0.15, -0.1) is 0 Å². The molecule has 172 valence electrons. The highest BCUT2D eigenvalue weighted by Gasteiger charge is 2.14. The molecule has 0 radical (unpaired) electrons. The first-order valence-electron chi connectivity index (χ1n) is 10.6. The van der Waals surface area contributed by atoms with Gasteiger partial charge < -0.3 is 9.64 Å². The Morgan fingerprint density at radius 1 is 1.06 bits per heavy atom. The highest BCUT2D eigenvalue weighted by atomic mass is 32.2. The van der Waals surface area contributed by atoms with E-state index in [9.17, 15) is 18.0 Å². The lowest BCUT2D eigenvalue weighted by molar-refractivity contribution is -0.130. The molecule has 32 heavy (non-hydrogen) atoms. The molecule has 0 bridgehead atoms. The molecule has 3 aromatic rings. The van der Waals surface area contributed by atoms with Crippen molar-refractivity contribution in [2.45, 2.75) is 37.8 Å². The van der Waals surface area contributed by atoms with E-state index >= 15 is 0 Å². The predicted molar refractivity (Wildman–Crippen MR) is 124 cm³/mol. The van der Waals surface area contributed by atoms with E-state index in [2.05, 4.69) is 0 Å². The molecule has 8 nitrogen and oxygen atoms in total. The summed E-state index contributed by atoms with van der Waals surface area (Å²) in [7, 11) is -1.56. The van der Waals surface area contributed by atoms with Crippen LogP contribution < -0.4 is 10.4 Å². The Kier molecular flexibility index (Phi) is 7.40. The van der Waals surface area contributed by atoms with Gasteiger partial charge in [-0.3, -0.25) is 13.9 Å². The van der Waals surface area contributed by atoms with Crippen molar-refractivity contribution in [1.29, 1.82) is 0 Å². The average molecular weight is 460 g/mol. The Bertz CT molecular complexity index is 1260. The lowest BCUT2D eigenvalue weighted by Gasteiger charge is -2.17. The van der Waals surface area contributed by atoms with Crippen LogP contribution in [0.1, 0.15) is 19.8 Å². The van der Waals surface area contributed by atoms with Crippen molar-refractivity contribution >= 4 is 26.8 Å². The van der Waals surface area contributed by atoms with Gasteiger partial charge in [0.2, 0.25) is 5.91 Å². The minimum absolute atomic E-state index is 0.0516. The molecule has 0 saturated heterocycles. The van der Waals surface area contributed by atoms with Crippen LogP contribution in [0.5, 0.6) is 5.75 Å². The molecule has 0 N–H and O–H groups in total. The molecule has 0 unspecified atom stereocenters. The number of aryl methyl sites for hydroxylation is 2. The van der Waals surface area contributed by atoms with Gasteiger partial charge in [0.25, 0.3) is 0 Å². The van der Waals surface area contributed by atoms with Crippen LogP contribution in [-0.4, -0.2) is 54.8 Å². The summed E-state index contributed by atoms with van der Waals surface area (Å²) < 4.78 is 32.3. The number of benzene rings is 2. The van der Waals surface area contributed by atoms with Crippen molar-refractivity contribution in [2.24, 2.45) is 0 Å². The van der Waals surface area contributed by atoms with Crippen LogP contribution in [0.3, 0.4) is 0 Å². The van der Waals surface area contributed by atoms with Crippen molar-refractivity contribution in [2.75, 3.05) is 26.5 Å². The van der Waals surface area contributed by atoms with E-state index in [0.717, 1.165) is 17.3 Å². The number of nitrogens with zero attached hydrogens (tertiary/aromatic N) is 3. The normalized spacial score (nSPS) is 11.6. The largest absolute Gasteiger partial charge is 0.493 e. The van der Waals surface area contributed by atoms with E-state index in [1.54, 1.807) is 33.2 Å². The fraction of sp³-hybridized carbons (Fsp3) is 0.391. The summed E-state index contributed by atoms with van der Waals surface area (Å²) in [6, 6.07) is 14.0. The maximum atomic E-state index is 12.7. The second-order valence-electron chi connectivity index (χ2n) is 7.68. The zero-order valence-electron chi connectivity index (χ0n) is 18.7. The van der Waals surface area contributed by atoms with Gasteiger partial charge in [-0.2, -0.15) is 0 Å². The fourth-order valence-corrected chi connectivity index (χ4v) is 4.26. The molecule has 0 aliphatic heterocycles. The molecule has 0 saturated carbocycles. The number of aromatic nitrogens is 2. The van der Waals surface area contributed by atoms with E-state index in [-0.39, 0.29) is 22.9 Å². The molecular formula is C23H29N3O5S. The second-order valence-corrected chi connectivity index (χ2v) is 9.70. The molecular weight excluding hydrogens is 430 g/mol. The standard InChI is InChI=1S/C23H29N3O5S/c1-4-25-20-11-5-6-12-21(20)26(23(25)28)15-13-22(27)24(2)14-8-16-31-18-9-7-10-19(17-18)32(3,29)30/h5-7,9-12,17H,4,8,13-16H2,1-3H3. The van der Waals surface area contributed by atoms with Crippen LogP contribution >= 0.6 is 0 Å². The first kappa shape index (κ1) is 23.6. The van der Waals surface area contributed by atoms with Crippen LogP contribution in [-0.2, 0) is 27.7 Å². The highest BCUT2D eigenvalue weighted by Crippen LogP contribution is 2.17. The Balaban J connectivity index is 1.51. The molecule has 0 spiro atoms. The summed E-state index contributed by atoms with van der Waals surface area (Å²) in [5.74, 6) is 0.429. The number of carbonyl (C=O) groups excluding carboxylic acids is 1. The lowest BCUT2D eigenvalue weighted by Crippen LogP contribution is -2.31. The van der Waals surface area contributed by atoms with E-state index in [1.807, 2.05) is 31.2 Å². The fourth-order valence-electron chi connectivity index (χ4n) is 3.60.